The third-order valence-electron chi connectivity index (χ3n) is 2.59. The van der Waals surface area contributed by atoms with Crippen LogP contribution in [0, 0.1) is 5.92 Å². The molecule has 1 heterocycles. The topological polar surface area (TPSA) is 83.6 Å². The van der Waals surface area contributed by atoms with Crippen LogP contribution in [0.1, 0.15) is 19.8 Å². The highest BCUT2D eigenvalue weighted by molar-refractivity contribution is 5.87. The molecule has 0 aliphatic carbocycles. The first-order chi connectivity index (χ1) is 6.60. The summed E-state index contributed by atoms with van der Waals surface area (Å²) in [5, 5.41) is 8.90. The van der Waals surface area contributed by atoms with Crippen LogP contribution in [0.4, 0.5) is 0 Å². The van der Waals surface area contributed by atoms with Crippen molar-refractivity contribution in [2.75, 3.05) is 13.2 Å². The van der Waals surface area contributed by atoms with Gasteiger partial charge in [0.1, 0.15) is 6.04 Å². The number of aliphatic hydroxyl groups is 1. The van der Waals surface area contributed by atoms with Gasteiger partial charge in [0.15, 0.2) is 0 Å². The van der Waals surface area contributed by atoms with E-state index < -0.39 is 11.9 Å². The van der Waals surface area contributed by atoms with Crippen molar-refractivity contribution in [3.05, 3.63) is 0 Å². The van der Waals surface area contributed by atoms with Gasteiger partial charge in [-0.05, 0) is 6.42 Å². The van der Waals surface area contributed by atoms with Gasteiger partial charge in [-0.3, -0.25) is 9.59 Å². The SMILES string of the molecule is CCC(C(N)=O)N1CC(CO)CC1=O. The van der Waals surface area contributed by atoms with E-state index in [2.05, 4.69) is 0 Å². The normalized spacial score (nSPS) is 24.0. The van der Waals surface area contributed by atoms with Gasteiger partial charge in [0.2, 0.25) is 11.8 Å². The Labute approximate surface area is 82.9 Å². The van der Waals surface area contributed by atoms with Crippen molar-refractivity contribution in [1.29, 1.82) is 0 Å². The molecule has 2 atom stereocenters. The lowest BCUT2D eigenvalue weighted by molar-refractivity contribution is -0.136. The van der Waals surface area contributed by atoms with Crippen molar-refractivity contribution in [2.24, 2.45) is 11.7 Å². The maximum atomic E-state index is 11.5. The fourth-order valence-electron chi connectivity index (χ4n) is 1.81. The lowest BCUT2D eigenvalue weighted by Gasteiger charge is -2.24. The summed E-state index contributed by atoms with van der Waals surface area (Å²) in [6.07, 6.45) is 0.847. The monoisotopic (exact) mass is 200 g/mol. The van der Waals surface area contributed by atoms with Crippen LogP contribution in [0.15, 0.2) is 0 Å². The number of nitrogens with two attached hydrogens (primary N) is 1. The molecule has 1 saturated heterocycles. The first kappa shape index (κ1) is 11.0. The van der Waals surface area contributed by atoms with E-state index in [9.17, 15) is 9.59 Å². The molecule has 1 fully saturated rings. The number of carbonyl (C=O) groups is 2. The molecule has 0 aromatic heterocycles. The van der Waals surface area contributed by atoms with E-state index >= 15 is 0 Å². The molecular formula is C9H16N2O3. The predicted octanol–water partition coefficient (Wildman–Crippen LogP) is -0.909. The van der Waals surface area contributed by atoms with Crippen molar-refractivity contribution in [3.8, 4) is 0 Å². The van der Waals surface area contributed by atoms with Crippen LogP contribution in [0.2, 0.25) is 0 Å². The average molecular weight is 200 g/mol. The molecule has 3 N–H and O–H groups in total. The summed E-state index contributed by atoms with van der Waals surface area (Å²) in [6, 6.07) is -0.515. The molecule has 1 aliphatic heterocycles. The van der Waals surface area contributed by atoms with Gasteiger partial charge in [0.25, 0.3) is 0 Å². The Morgan fingerprint density at radius 2 is 2.43 bits per heavy atom. The molecule has 0 saturated carbocycles. The molecule has 0 aromatic rings. The van der Waals surface area contributed by atoms with Crippen LogP contribution in [0.25, 0.3) is 0 Å². The second-order valence-electron chi connectivity index (χ2n) is 3.63. The molecule has 80 valence electrons. The Kier molecular flexibility index (Phi) is 3.46. The van der Waals surface area contributed by atoms with Crippen LogP contribution >= 0.6 is 0 Å². The zero-order valence-corrected chi connectivity index (χ0v) is 8.27. The quantitative estimate of drug-likeness (QED) is 0.616. The number of carbonyl (C=O) groups excluding carboxylic acids is 2. The molecule has 1 rings (SSSR count). The fourth-order valence-corrected chi connectivity index (χ4v) is 1.81. The van der Waals surface area contributed by atoms with Gasteiger partial charge in [-0.25, -0.2) is 0 Å². The third kappa shape index (κ3) is 2.04. The molecule has 14 heavy (non-hydrogen) atoms. The smallest absolute Gasteiger partial charge is 0.240 e. The van der Waals surface area contributed by atoms with Crippen LogP contribution in [0.5, 0.6) is 0 Å². The molecule has 2 amide bonds. The number of hydrogen-bond donors (Lipinski definition) is 2. The minimum Gasteiger partial charge on any atom is -0.396 e. The summed E-state index contributed by atoms with van der Waals surface area (Å²) >= 11 is 0. The summed E-state index contributed by atoms with van der Waals surface area (Å²) < 4.78 is 0. The lowest BCUT2D eigenvalue weighted by atomic mass is 10.1. The Balaban J connectivity index is 2.68. The Morgan fingerprint density at radius 3 is 2.79 bits per heavy atom. The van der Waals surface area contributed by atoms with Crippen LogP contribution in [0.3, 0.4) is 0 Å². The molecule has 0 aromatic carbocycles. The maximum Gasteiger partial charge on any atom is 0.240 e. The number of nitrogens with zero attached hydrogens (tertiary/aromatic N) is 1. The Morgan fingerprint density at radius 1 is 1.79 bits per heavy atom. The summed E-state index contributed by atoms with van der Waals surface area (Å²) in [6.45, 7) is 2.24. The van der Waals surface area contributed by atoms with E-state index in [1.165, 1.54) is 4.90 Å². The number of aliphatic hydroxyl groups excluding tert-OH is 1. The largest absolute Gasteiger partial charge is 0.396 e. The minimum atomic E-state index is -0.515. The maximum absolute atomic E-state index is 11.5. The predicted molar refractivity (Wildman–Crippen MR) is 50.2 cm³/mol. The van der Waals surface area contributed by atoms with Gasteiger partial charge in [-0.15, -0.1) is 0 Å². The summed E-state index contributed by atoms with van der Waals surface area (Å²) in [4.78, 5) is 24.0. The molecule has 0 radical (unpaired) electrons. The van der Waals surface area contributed by atoms with Crippen LogP contribution in [-0.2, 0) is 9.59 Å². The molecule has 0 spiro atoms. The Hall–Kier alpha value is -1.10. The van der Waals surface area contributed by atoms with Crippen molar-refractivity contribution in [2.45, 2.75) is 25.8 Å². The van der Waals surface area contributed by atoms with Gasteiger partial charge in [-0.2, -0.15) is 0 Å². The van der Waals surface area contributed by atoms with Crippen molar-refractivity contribution in [3.63, 3.8) is 0 Å². The number of amides is 2. The second-order valence-corrected chi connectivity index (χ2v) is 3.63. The highest BCUT2D eigenvalue weighted by Gasteiger charge is 2.35. The zero-order chi connectivity index (χ0) is 10.7. The fraction of sp³-hybridized carbons (Fsp3) is 0.778. The van der Waals surface area contributed by atoms with Gasteiger partial charge >= 0.3 is 0 Å². The van der Waals surface area contributed by atoms with E-state index in [0.717, 1.165) is 0 Å². The number of hydrogen-bond acceptors (Lipinski definition) is 3. The molecule has 5 nitrogen and oxygen atoms in total. The number of likely N-dealkylation sites (tertiary alicyclic amines) is 1. The second kappa shape index (κ2) is 4.41. The standard InChI is InChI=1S/C9H16N2O3/c1-2-7(9(10)14)11-4-6(5-12)3-8(11)13/h6-7,12H,2-5H2,1H3,(H2,10,14). The van der Waals surface area contributed by atoms with Crippen LogP contribution < -0.4 is 5.73 Å². The highest BCUT2D eigenvalue weighted by atomic mass is 16.3. The van der Waals surface area contributed by atoms with E-state index in [0.29, 0.717) is 19.4 Å². The summed E-state index contributed by atoms with van der Waals surface area (Å²) in [5.41, 5.74) is 5.18. The van der Waals surface area contributed by atoms with Crippen molar-refractivity contribution >= 4 is 11.8 Å². The minimum absolute atomic E-state index is 0.0164. The van der Waals surface area contributed by atoms with E-state index in [-0.39, 0.29) is 18.4 Å². The lowest BCUT2D eigenvalue weighted by Crippen LogP contribution is -2.45. The molecule has 1 aliphatic rings. The third-order valence-corrected chi connectivity index (χ3v) is 2.59. The van der Waals surface area contributed by atoms with E-state index in [1.54, 1.807) is 0 Å². The first-order valence-electron chi connectivity index (χ1n) is 4.79. The van der Waals surface area contributed by atoms with Crippen LogP contribution in [-0.4, -0.2) is 41.0 Å². The molecule has 0 bridgehead atoms. The number of rotatable bonds is 4. The molecule has 5 heteroatoms. The first-order valence-corrected chi connectivity index (χ1v) is 4.79. The van der Waals surface area contributed by atoms with E-state index in [4.69, 9.17) is 10.8 Å². The van der Waals surface area contributed by atoms with Gasteiger partial charge in [0, 0.05) is 25.5 Å². The van der Waals surface area contributed by atoms with Crippen molar-refractivity contribution < 1.29 is 14.7 Å². The van der Waals surface area contributed by atoms with Crippen molar-refractivity contribution in [1.82, 2.24) is 4.90 Å². The Bertz CT molecular complexity index is 242. The molecule has 2 unspecified atom stereocenters. The highest BCUT2D eigenvalue weighted by Crippen LogP contribution is 2.20. The van der Waals surface area contributed by atoms with Gasteiger partial charge in [-0.1, -0.05) is 6.92 Å². The van der Waals surface area contributed by atoms with Gasteiger partial charge < -0.3 is 15.7 Å². The summed E-state index contributed by atoms with van der Waals surface area (Å²) in [7, 11) is 0. The number of primary amides is 1. The zero-order valence-electron chi connectivity index (χ0n) is 8.27. The summed E-state index contributed by atoms with van der Waals surface area (Å²) in [5.74, 6) is -0.606. The molecular weight excluding hydrogens is 184 g/mol. The van der Waals surface area contributed by atoms with E-state index in [1.807, 2.05) is 6.92 Å². The van der Waals surface area contributed by atoms with Gasteiger partial charge in [0.05, 0.1) is 0 Å². The average Bonchev–Trinajstić information content (AvgIpc) is 2.48.